The van der Waals surface area contributed by atoms with Crippen LogP contribution in [0.5, 0.6) is 0 Å². The van der Waals surface area contributed by atoms with Crippen molar-refractivity contribution in [3.05, 3.63) is 17.1 Å². The summed E-state index contributed by atoms with van der Waals surface area (Å²) in [7, 11) is 3.98. The Labute approximate surface area is 173 Å². The van der Waals surface area contributed by atoms with E-state index in [0.717, 1.165) is 68.0 Å². The van der Waals surface area contributed by atoms with E-state index in [4.69, 9.17) is 9.97 Å². The van der Waals surface area contributed by atoms with Crippen LogP contribution in [0.4, 0.5) is 5.82 Å². The van der Waals surface area contributed by atoms with Gasteiger partial charge in [-0.15, -0.1) is 0 Å². The summed E-state index contributed by atoms with van der Waals surface area (Å²) in [6.07, 6.45) is 8.23. The number of carbonyl (C=O) groups excluding carboxylic acids is 2. The summed E-state index contributed by atoms with van der Waals surface area (Å²) in [6, 6.07) is -0.0216. The molecule has 3 aliphatic rings. The van der Waals surface area contributed by atoms with E-state index in [1.54, 1.807) is 6.92 Å². The lowest BCUT2D eigenvalue weighted by molar-refractivity contribution is -0.139. The molecule has 1 saturated heterocycles. The van der Waals surface area contributed by atoms with Gasteiger partial charge < -0.3 is 14.7 Å². The van der Waals surface area contributed by atoms with E-state index in [9.17, 15) is 9.59 Å². The van der Waals surface area contributed by atoms with Crippen molar-refractivity contribution in [1.29, 1.82) is 0 Å². The molecule has 0 N–H and O–H groups in total. The largest absolute Gasteiger partial charge is 0.362 e. The fourth-order valence-corrected chi connectivity index (χ4v) is 5.07. The molecule has 0 radical (unpaired) electrons. The van der Waals surface area contributed by atoms with Crippen molar-refractivity contribution in [2.75, 3.05) is 32.1 Å². The summed E-state index contributed by atoms with van der Waals surface area (Å²) < 4.78 is 0. The Morgan fingerprint density at radius 2 is 1.72 bits per heavy atom. The van der Waals surface area contributed by atoms with Gasteiger partial charge in [0.1, 0.15) is 5.82 Å². The van der Waals surface area contributed by atoms with Gasteiger partial charge in [-0.2, -0.15) is 0 Å². The highest BCUT2D eigenvalue weighted by Crippen LogP contribution is 2.36. The van der Waals surface area contributed by atoms with Gasteiger partial charge in [0.05, 0.1) is 18.3 Å². The van der Waals surface area contributed by atoms with Crippen molar-refractivity contribution in [1.82, 2.24) is 19.8 Å². The minimum atomic E-state index is -0.0216. The van der Waals surface area contributed by atoms with E-state index < -0.39 is 0 Å². The Morgan fingerprint density at radius 3 is 2.41 bits per heavy atom. The van der Waals surface area contributed by atoms with Gasteiger partial charge in [-0.1, -0.05) is 12.8 Å². The summed E-state index contributed by atoms with van der Waals surface area (Å²) in [4.78, 5) is 41.0. The monoisotopic (exact) mass is 399 g/mol. The number of aromatic nitrogens is 2. The summed E-state index contributed by atoms with van der Waals surface area (Å²) in [5.74, 6) is 2.25. The van der Waals surface area contributed by atoms with Crippen LogP contribution >= 0.6 is 0 Å². The maximum absolute atomic E-state index is 13.2. The zero-order valence-electron chi connectivity index (χ0n) is 18.0. The summed E-state index contributed by atoms with van der Waals surface area (Å²) in [5, 5.41) is 0. The molecule has 3 heterocycles. The average molecular weight is 400 g/mol. The average Bonchev–Trinajstić information content (AvgIpc) is 3.26. The van der Waals surface area contributed by atoms with Crippen molar-refractivity contribution in [2.24, 2.45) is 5.92 Å². The van der Waals surface area contributed by atoms with Gasteiger partial charge in [-0.05, 0) is 32.1 Å². The lowest BCUT2D eigenvalue weighted by Crippen LogP contribution is -2.42. The van der Waals surface area contributed by atoms with Crippen LogP contribution in [0.15, 0.2) is 0 Å². The van der Waals surface area contributed by atoms with Crippen LogP contribution in [0.3, 0.4) is 0 Å². The lowest BCUT2D eigenvalue weighted by Gasteiger charge is -2.37. The topological polar surface area (TPSA) is 69.6 Å². The van der Waals surface area contributed by atoms with Gasteiger partial charge in [-0.3, -0.25) is 9.59 Å². The Balaban J connectivity index is 1.67. The van der Waals surface area contributed by atoms with Gasteiger partial charge in [0.25, 0.3) is 0 Å². The molecule has 4 rings (SSSR count). The number of nitrogens with zero attached hydrogens (tertiary/aromatic N) is 5. The standard InChI is InChI=1S/C22H33N5O2/c1-15(28)26-13-11-18-17(14-26)21(25(2)3)24-20(23-18)19-10-6-7-12-27(19)22(29)16-8-4-5-9-16/h16,19H,4-14H2,1-3H3. The van der Waals surface area contributed by atoms with E-state index in [1.165, 1.54) is 12.8 Å². The SMILES string of the molecule is CC(=O)N1CCc2nc(C3CCCCN3C(=O)C3CCCC3)nc(N(C)C)c2C1. The third-order valence-corrected chi connectivity index (χ3v) is 6.71. The van der Waals surface area contributed by atoms with E-state index in [0.29, 0.717) is 19.0 Å². The summed E-state index contributed by atoms with van der Waals surface area (Å²) in [5.41, 5.74) is 2.08. The van der Waals surface area contributed by atoms with Gasteiger partial charge in [0.2, 0.25) is 11.8 Å². The molecule has 1 aromatic heterocycles. The van der Waals surface area contributed by atoms with Crippen molar-refractivity contribution in [2.45, 2.75) is 70.9 Å². The fourth-order valence-electron chi connectivity index (χ4n) is 5.07. The maximum atomic E-state index is 13.2. The number of piperidine rings is 1. The van der Waals surface area contributed by atoms with Crippen LogP contribution in [0.2, 0.25) is 0 Å². The predicted molar refractivity (Wildman–Crippen MR) is 111 cm³/mol. The molecule has 158 valence electrons. The minimum Gasteiger partial charge on any atom is -0.362 e. The number of anilines is 1. The summed E-state index contributed by atoms with van der Waals surface area (Å²) >= 11 is 0. The smallest absolute Gasteiger partial charge is 0.226 e. The van der Waals surface area contributed by atoms with Crippen LogP contribution in [0.25, 0.3) is 0 Å². The van der Waals surface area contributed by atoms with Crippen LogP contribution < -0.4 is 4.90 Å². The first-order valence-corrected chi connectivity index (χ1v) is 11.1. The molecule has 29 heavy (non-hydrogen) atoms. The fraction of sp³-hybridized carbons (Fsp3) is 0.727. The van der Waals surface area contributed by atoms with E-state index in [-0.39, 0.29) is 17.9 Å². The van der Waals surface area contributed by atoms with Gasteiger partial charge in [0, 0.05) is 52.0 Å². The number of rotatable bonds is 3. The zero-order chi connectivity index (χ0) is 20.5. The van der Waals surface area contributed by atoms with Crippen LogP contribution in [-0.2, 0) is 22.6 Å². The highest BCUT2D eigenvalue weighted by Gasteiger charge is 2.36. The second-order valence-electron chi connectivity index (χ2n) is 8.94. The van der Waals surface area contributed by atoms with Crippen molar-refractivity contribution in [3.63, 3.8) is 0 Å². The molecule has 2 aliphatic heterocycles. The number of likely N-dealkylation sites (tertiary alicyclic amines) is 1. The summed E-state index contributed by atoms with van der Waals surface area (Å²) in [6.45, 7) is 3.69. The molecule has 0 bridgehead atoms. The first-order chi connectivity index (χ1) is 14.0. The first kappa shape index (κ1) is 20.1. The molecule has 1 aromatic rings. The molecule has 2 amide bonds. The van der Waals surface area contributed by atoms with Crippen molar-refractivity contribution >= 4 is 17.6 Å². The van der Waals surface area contributed by atoms with E-state index in [2.05, 4.69) is 4.90 Å². The Morgan fingerprint density at radius 1 is 1.00 bits per heavy atom. The molecular formula is C22H33N5O2. The molecule has 0 aromatic carbocycles. The molecule has 1 atom stereocenters. The Hall–Kier alpha value is -2.18. The second-order valence-corrected chi connectivity index (χ2v) is 8.94. The normalized spacial score (nSPS) is 22.5. The lowest BCUT2D eigenvalue weighted by atomic mass is 9.97. The third-order valence-electron chi connectivity index (χ3n) is 6.71. The highest BCUT2D eigenvalue weighted by molar-refractivity contribution is 5.79. The molecule has 7 heteroatoms. The number of hydrogen-bond acceptors (Lipinski definition) is 5. The molecule has 1 unspecified atom stereocenters. The number of carbonyl (C=O) groups is 2. The van der Waals surface area contributed by atoms with E-state index >= 15 is 0 Å². The third kappa shape index (κ3) is 3.96. The number of fused-ring (bicyclic) bond motifs is 1. The zero-order valence-corrected chi connectivity index (χ0v) is 18.0. The number of amides is 2. The Bertz CT molecular complexity index is 788. The van der Waals surface area contributed by atoms with Crippen LogP contribution in [-0.4, -0.2) is 58.8 Å². The van der Waals surface area contributed by atoms with Crippen LogP contribution in [0, 0.1) is 5.92 Å². The molecule has 1 aliphatic carbocycles. The van der Waals surface area contributed by atoms with Gasteiger partial charge in [0.15, 0.2) is 5.82 Å². The van der Waals surface area contributed by atoms with Crippen molar-refractivity contribution in [3.8, 4) is 0 Å². The molecule has 7 nitrogen and oxygen atoms in total. The number of hydrogen-bond donors (Lipinski definition) is 0. The highest BCUT2D eigenvalue weighted by atomic mass is 16.2. The predicted octanol–water partition coefficient (Wildman–Crippen LogP) is 2.69. The molecule has 2 fully saturated rings. The molecule has 0 spiro atoms. The Kier molecular flexibility index (Phi) is 5.74. The van der Waals surface area contributed by atoms with Crippen molar-refractivity contribution < 1.29 is 9.59 Å². The quantitative estimate of drug-likeness (QED) is 0.782. The van der Waals surface area contributed by atoms with Gasteiger partial charge in [-0.25, -0.2) is 9.97 Å². The molecular weight excluding hydrogens is 366 g/mol. The van der Waals surface area contributed by atoms with E-state index in [1.807, 2.05) is 23.9 Å². The second kappa shape index (κ2) is 8.28. The van der Waals surface area contributed by atoms with Crippen LogP contribution in [0.1, 0.15) is 75.0 Å². The maximum Gasteiger partial charge on any atom is 0.226 e. The van der Waals surface area contributed by atoms with Gasteiger partial charge >= 0.3 is 0 Å². The first-order valence-electron chi connectivity index (χ1n) is 11.1. The molecule has 1 saturated carbocycles. The minimum absolute atomic E-state index is 0.0216.